The van der Waals surface area contributed by atoms with E-state index >= 15 is 0 Å². The molecule has 0 unspecified atom stereocenters. The standard InChI is InChI=1S/C16H13Cl2NO2/c1-10-6-8-11(9-7-10)16(21)19-13-5-3-2-4-12(13)14(20)15(17)18/h2-9,15H,1H3,(H,19,21). The predicted octanol–water partition coefficient (Wildman–Crippen LogP) is 4.23. The number of halogens is 2. The Morgan fingerprint density at radius 3 is 2.24 bits per heavy atom. The van der Waals surface area contributed by atoms with Crippen molar-refractivity contribution in [2.45, 2.75) is 11.8 Å². The molecule has 0 aromatic heterocycles. The van der Waals surface area contributed by atoms with E-state index in [-0.39, 0.29) is 11.5 Å². The fraction of sp³-hybridized carbons (Fsp3) is 0.125. The van der Waals surface area contributed by atoms with Crippen molar-refractivity contribution in [3.05, 3.63) is 65.2 Å². The van der Waals surface area contributed by atoms with Crippen molar-refractivity contribution in [1.29, 1.82) is 0 Å². The normalized spacial score (nSPS) is 10.5. The third-order valence-corrected chi connectivity index (χ3v) is 3.35. The van der Waals surface area contributed by atoms with Crippen molar-refractivity contribution in [1.82, 2.24) is 0 Å². The maximum absolute atomic E-state index is 12.2. The number of ketones is 1. The van der Waals surface area contributed by atoms with Gasteiger partial charge in [-0.25, -0.2) is 0 Å². The van der Waals surface area contributed by atoms with Crippen molar-refractivity contribution in [3.63, 3.8) is 0 Å². The molecule has 2 aromatic rings. The summed E-state index contributed by atoms with van der Waals surface area (Å²) in [6.45, 7) is 1.94. The molecule has 0 aliphatic rings. The third kappa shape index (κ3) is 3.84. The van der Waals surface area contributed by atoms with Crippen LogP contribution in [0.4, 0.5) is 5.69 Å². The molecule has 21 heavy (non-hydrogen) atoms. The number of rotatable bonds is 4. The van der Waals surface area contributed by atoms with Crippen molar-refractivity contribution < 1.29 is 9.59 Å². The molecule has 0 atom stereocenters. The van der Waals surface area contributed by atoms with Crippen LogP contribution in [0.25, 0.3) is 0 Å². The summed E-state index contributed by atoms with van der Waals surface area (Å²) in [6.07, 6.45) is 0. The van der Waals surface area contributed by atoms with Gasteiger partial charge in [0, 0.05) is 11.1 Å². The van der Waals surface area contributed by atoms with Gasteiger partial charge < -0.3 is 5.32 Å². The molecule has 108 valence electrons. The minimum absolute atomic E-state index is 0.285. The number of hydrogen-bond acceptors (Lipinski definition) is 2. The molecule has 0 saturated carbocycles. The van der Waals surface area contributed by atoms with Crippen LogP contribution in [0.3, 0.4) is 0 Å². The molecule has 0 heterocycles. The molecule has 0 saturated heterocycles. The molecule has 2 aromatic carbocycles. The minimum Gasteiger partial charge on any atom is -0.321 e. The molecule has 3 nitrogen and oxygen atoms in total. The van der Waals surface area contributed by atoms with Gasteiger partial charge in [0.05, 0.1) is 5.69 Å². The first-order valence-electron chi connectivity index (χ1n) is 6.28. The highest BCUT2D eigenvalue weighted by Crippen LogP contribution is 2.21. The molecule has 1 amide bonds. The second kappa shape index (κ2) is 6.74. The molecular formula is C16H13Cl2NO2. The Labute approximate surface area is 132 Å². The van der Waals surface area contributed by atoms with Crippen LogP contribution in [-0.4, -0.2) is 16.5 Å². The lowest BCUT2D eigenvalue weighted by atomic mass is 10.1. The van der Waals surface area contributed by atoms with Crippen LogP contribution in [0.15, 0.2) is 48.5 Å². The Kier molecular flexibility index (Phi) is 4.99. The molecule has 0 radical (unpaired) electrons. The molecule has 0 bridgehead atoms. The van der Waals surface area contributed by atoms with E-state index in [2.05, 4.69) is 5.32 Å². The summed E-state index contributed by atoms with van der Waals surface area (Å²) in [5.74, 6) is -0.742. The molecule has 0 fully saturated rings. The first-order valence-corrected chi connectivity index (χ1v) is 7.15. The lowest BCUT2D eigenvalue weighted by Gasteiger charge is -2.10. The van der Waals surface area contributed by atoms with Crippen molar-refractivity contribution in [2.24, 2.45) is 0 Å². The van der Waals surface area contributed by atoms with Gasteiger partial charge in [0.25, 0.3) is 5.91 Å². The smallest absolute Gasteiger partial charge is 0.255 e. The number of aryl methyl sites for hydroxylation is 1. The number of alkyl halides is 2. The van der Waals surface area contributed by atoms with Crippen LogP contribution in [-0.2, 0) is 0 Å². The van der Waals surface area contributed by atoms with Gasteiger partial charge in [0.15, 0.2) is 10.6 Å². The summed E-state index contributed by atoms with van der Waals surface area (Å²) in [5.41, 5.74) is 2.25. The summed E-state index contributed by atoms with van der Waals surface area (Å²) in [6, 6.07) is 13.8. The van der Waals surface area contributed by atoms with Crippen LogP contribution < -0.4 is 5.32 Å². The highest BCUT2D eigenvalue weighted by molar-refractivity contribution is 6.55. The van der Waals surface area contributed by atoms with Crippen molar-refractivity contribution in [2.75, 3.05) is 5.32 Å². The van der Waals surface area contributed by atoms with Gasteiger partial charge in [-0.2, -0.15) is 0 Å². The number of Topliss-reactive ketones (excluding diaryl/α,β-unsaturated/α-hetero) is 1. The molecular weight excluding hydrogens is 309 g/mol. The van der Waals surface area contributed by atoms with E-state index in [0.29, 0.717) is 11.3 Å². The zero-order chi connectivity index (χ0) is 15.4. The molecule has 0 spiro atoms. The van der Waals surface area contributed by atoms with Crippen LogP contribution in [0, 0.1) is 6.92 Å². The van der Waals surface area contributed by atoms with Gasteiger partial charge in [-0.05, 0) is 31.2 Å². The van der Waals surface area contributed by atoms with Crippen LogP contribution in [0.2, 0.25) is 0 Å². The second-order valence-corrected chi connectivity index (χ2v) is 5.63. The maximum Gasteiger partial charge on any atom is 0.255 e. The third-order valence-electron chi connectivity index (χ3n) is 2.95. The highest BCUT2D eigenvalue weighted by Gasteiger charge is 2.19. The zero-order valence-electron chi connectivity index (χ0n) is 11.3. The van der Waals surface area contributed by atoms with Gasteiger partial charge in [0.2, 0.25) is 0 Å². The van der Waals surface area contributed by atoms with Crippen molar-refractivity contribution in [3.8, 4) is 0 Å². The molecule has 2 rings (SSSR count). The average Bonchev–Trinajstić information content (AvgIpc) is 2.47. The van der Waals surface area contributed by atoms with Gasteiger partial charge in [0.1, 0.15) is 0 Å². The molecule has 5 heteroatoms. The van der Waals surface area contributed by atoms with E-state index in [1.54, 1.807) is 36.4 Å². The Bertz CT molecular complexity index is 666. The quantitative estimate of drug-likeness (QED) is 0.676. The summed E-state index contributed by atoms with van der Waals surface area (Å²) in [5, 5.41) is 2.71. The van der Waals surface area contributed by atoms with Crippen LogP contribution >= 0.6 is 23.2 Å². The highest BCUT2D eigenvalue weighted by atomic mass is 35.5. The number of amides is 1. The van der Waals surface area contributed by atoms with Gasteiger partial charge >= 0.3 is 0 Å². The fourth-order valence-electron chi connectivity index (χ4n) is 1.82. The zero-order valence-corrected chi connectivity index (χ0v) is 12.8. The van der Waals surface area contributed by atoms with Gasteiger partial charge in [-0.3, -0.25) is 9.59 Å². The molecule has 0 aliphatic heterocycles. The summed E-state index contributed by atoms with van der Waals surface area (Å²) >= 11 is 11.2. The maximum atomic E-state index is 12.2. The lowest BCUT2D eigenvalue weighted by molar-refractivity contribution is 0.101. The number of para-hydroxylation sites is 1. The molecule has 1 N–H and O–H groups in total. The fourth-order valence-corrected chi connectivity index (χ4v) is 2.06. The van der Waals surface area contributed by atoms with Gasteiger partial charge in [-0.1, -0.05) is 53.0 Å². The summed E-state index contributed by atoms with van der Waals surface area (Å²) in [7, 11) is 0. The summed E-state index contributed by atoms with van der Waals surface area (Å²) < 4.78 is 0. The first kappa shape index (κ1) is 15.5. The van der Waals surface area contributed by atoms with Crippen LogP contribution in [0.5, 0.6) is 0 Å². The SMILES string of the molecule is Cc1ccc(C(=O)Nc2ccccc2C(=O)C(Cl)Cl)cc1. The first-order chi connectivity index (χ1) is 9.99. The van der Waals surface area contributed by atoms with E-state index in [1.165, 1.54) is 0 Å². The van der Waals surface area contributed by atoms with E-state index < -0.39 is 10.6 Å². The predicted molar refractivity (Wildman–Crippen MR) is 85.4 cm³/mol. The van der Waals surface area contributed by atoms with Crippen molar-refractivity contribution >= 4 is 40.6 Å². The number of benzene rings is 2. The topological polar surface area (TPSA) is 46.2 Å². The second-order valence-electron chi connectivity index (χ2n) is 4.53. The largest absolute Gasteiger partial charge is 0.321 e. The minimum atomic E-state index is -1.16. The number of hydrogen-bond donors (Lipinski definition) is 1. The molecule has 0 aliphatic carbocycles. The Hall–Kier alpha value is -1.84. The van der Waals surface area contributed by atoms with E-state index in [4.69, 9.17) is 23.2 Å². The Morgan fingerprint density at radius 1 is 1.00 bits per heavy atom. The number of nitrogens with one attached hydrogen (secondary N) is 1. The van der Waals surface area contributed by atoms with E-state index in [9.17, 15) is 9.59 Å². The number of carbonyl (C=O) groups excluding carboxylic acids is 2. The monoisotopic (exact) mass is 321 g/mol. The number of carbonyl (C=O) groups is 2. The van der Waals surface area contributed by atoms with E-state index in [1.807, 2.05) is 19.1 Å². The lowest BCUT2D eigenvalue weighted by Crippen LogP contribution is -2.17. The summed E-state index contributed by atoms with van der Waals surface area (Å²) in [4.78, 5) is 22.9. The average molecular weight is 322 g/mol. The van der Waals surface area contributed by atoms with Gasteiger partial charge in [-0.15, -0.1) is 0 Å². The number of anilines is 1. The Morgan fingerprint density at radius 2 is 1.62 bits per heavy atom. The van der Waals surface area contributed by atoms with E-state index in [0.717, 1.165) is 5.56 Å². The Balaban J connectivity index is 2.25. The van der Waals surface area contributed by atoms with Crippen LogP contribution in [0.1, 0.15) is 26.3 Å².